The molecule has 0 bridgehead atoms. The second kappa shape index (κ2) is 6.28. The fraction of sp³-hybridized carbons (Fsp3) is 0.667. The first-order chi connectivity index (χ1) is 9.91. The highest BCUT2D eigenvalue weighted by molar-refractivity contribution is 5.84. The average Bonchev–Trinajstić information content (AvgIpc) is 2.70. The molecule has 1 amide bonds. The van der Waals surface area contributed by atoms with Crippen molar-refractivity contribution in [3.8, 4) is 0 Å². The van der Waals surface area contributed by atoms with Crippen molar-refractivity contribution in [3.05, 3.63) is 17.0 Å². The third kappa shape index (κ3) is 3.25. The molecule has 0 saturated heterocycles. The Hall–Kier alpha value is -1.85. The number of nitrogens with zero attached hydrogens (tertiary/aromatic N) is 2. The SMILES string of the molecule is Cc1nn(C)c(C)c1CNC(=O)C1CCCCC1C(=O)O. The summed E-state index contributed by atoms with van der Waals surface area (Å²) in [5.74, 6) is -1.96. The molecule has 1 aliphatic rings. The molecule has 2 unspecified atom stereocenters. The van der Waals surface area contributed by atoms with Crippen molar-refractivity contribution in [1.82, 2.24) is 15.1 Å². The molecule has 0 aliphatic heterocycles. The first-order valence-corrected chi connectivity index (χ1v) is 7.41. The standard InChI is InChI=1S/C15H23N3O3/c1-9-13(10(2)18(3)17-9)8-16-14(19)11-6-4-5-7-12(11)15(20)21/h11-12H,4-8H2,1-3H3,(H,16,19)(H,20,21). The molecule has 2 rings (SSSR count). The van der Waals surface area contributed by atoms with Crippen LogP contribution in [0.2, 0.25) is 0 Å². The van der Waals surface area contributed by atoms with Crippen molar-refractivity contribution in [1.29, 1.82) is 0 Å². The van der Waals surface area contributed by atoms with E-state index in [1.54, 1.807) is 4.68 Å². The molecule has 6 heteroatoms. The summed E-state index contributed by atoms with van der Waals surface area (Å²) in [6.07, 6.45) is 3.07. The highest BCUT2D eigenvalue weighted by Gasteiger charge is 2.35. The van der Waals surface area contributed by atoms with E-state index in [0.717, 1.165) is 29.8 Å². The zero-order valence-corrected chi connectivity index (χ0v) is 12.8. The summed E-state index contributed by atoms with van der Waals surface area (Å²) in [4.78, 5) is 23.6. The summed E-state index contributed by atoms with van der Waals surface area (Å²) in [6.45, 7) is 4.28. The van der Waals surface area contributed by atoms with Gasteiger partial charge in [-0.2, -0.15) is 5.10 Å². The summed E-state index contributed by atoms with van der Waals surface area (Å²) < 4.78 is 1.79. The third-order valence-electron chi connectivity index (χ3n) is 4.52. The van der Waals surface area contributed by atoms with Crippen LogP contribution in [0.15, 0.2) is 0 Å². The smallest absolute Gasteiger partial charge is 0.307 e. The number of hydrogen-bond donors (Lipinski definition) is 2. The molecule has 0 radical (unpaired) electrons. The van der Waals surface area contributed by atoms with E-state index in [4.69, 9.17) is 0 Å². The molecule has 1 saturated carbocycles. The Labute approximate surface area is 124 Å². The summed E-state index contributed by atoms with van der Waals surface area (Å²) in [5, 5.41) is 16.4. The Morgan fingerprint density at radius 3 is 2.43 bits per heavy atom. The lowest BCUT2D eigenvalue weighted by Crippen LogP contribution is -2.39. The maximum atomic E-state index is 12.3. The molecule has 2 atom stereocenters. The Morgan fingerprint density at radius 2 is 1.90 bits per heavy atom. The number of amides is 1. The zero-order chi connectivity index (χ0) is 15.6. The van der Waals surface area contributed by atoms with Crippen molar-refractivity contribution in [2.45, 2.75) is 46.1 Å². The van der Waals surface area contributed by atoms with Crippen molar-refractivity contribution >= 4 is 11.9 Å². The number of aromatic nitrogens is 2. The van der Waals surface area contributed by atoms with Crippen LogP contribution in [0.1, 0.15) is 42.6 Å². The molecule has 6 nitrogen and oxygen atoms in total. The van der Waals surface area contributed by atoms with Crippen molar-refractivity contribution in [2.75, 3.05) is 0 Å². The molecule has 21 heavy (non-hydrogen) atoms. The van der Waals surface area contributed by atoms with Gasteiger partial charge in [-0.25, -0.2) is 0 Å². The van der Waals surface area contributed by atoms with Crippen LogP contribution in [0.25, 0.3) is 0 Å². The third-order valence-corrected chi connectivity index (χ3v) is 4.52. The minimum absolute atomic E-state index is 0.148. The minimum Gasteiger partial charge on any atom is -0.481 e. The van der Waals surface area contributed by atoms with Gasteiger partial charge in [0.05, 0.1) is 17.5 Å². The Morgan fingerprint density at radius 1 is 1.29 bits per heavy atom. The fourth-order valence-electron chi connectivity index (χ4n) is 3.12. The molecule has 1 aliphatic carbocycles. The van der Waals surface area contributed by atoms with Crippen molar-refractivity contribution < 1.29 is 14.7 Å². The maximum absolute atomic E-state index is 12.3. The van der Waals surface area contributed by atoms with E-state index < -0.39 is 17.8 Å². The summed E-state index contributed by atoms with van der Waals surface area (Å²) >= 11 is 0. The van der Waals surface area contributed by atoms with Crippen LogP contribution in [-0.4, -0.2) is 26.8 Å². The number of nitrogens with one attached hydrogen (secondary N) is 1. The van der Waals surface area contributed by atoms with Gasteiger partial charge in [0.15, 0.2) is 0 Å². The maximum Gasteiger partial charge on any atom is 0.307 e. The van der Waals surface area contributed by atoms with Crippen LogP contribution in [0.4, 0.5) is 0 Å². The van der Waals surface area contributed by atoms with Crippen molar-refractivity contribution in [2.24, 2.45) is 18.9 Å². The fourth-order valence-corrected chi connectivity index (χ4v) is 3.12. The Balaban J connectivity index is 2.02. The molecule has 1 aromatic rings. The number of carboxylic acid groups (broad SMARTS) is 1. The van der Waals surface area contributed by atoms with Crippen molar-refractivity contribution in [3.63, 3.8) is 0 Å². The second-order valence-corrected chi connectivity index (χ2v) is 5.83. The molecule has 0 aromatic carbocycles. The number of carboxylic acids is 1. The van der Waals surface area contributed by atoms with Crippen LogP contribution < -0.4 is 5.32 Å². The van der Waals surface area contributed by atoms with Crippen LogP contribution in [0.5, 0.6) is 0 Å². The molecule has 116 valence electrons. The van der Waals surface area contributed by atoms with E-state index in [9.17, 15) is 14.7 Å². The number of rotatable bonds is 4. The lowest BCUT2D eigenvalue weighted by molar-refractivity contribution is -0.148. The quantitative estimate of drug-likeness (QED) is 0.882. The Bertz CT molecular complexity index is 551. The lowest BCUT2D eigenvalue weighted by Gasteiger charge is -2.27. The number of carbonyl (C=O) groups excluding carboxylic acids is 1. The van der Waals surface area contributed by atoms with Crippen LogP contribution in [0, 0.1) is 25.7 Å². The van der Waals surface area contributed by atoms with E-state index in [1.165, 1.54) is 0 Å². The average molecular weight is 293 g/mol. The normalized spacial score (nSPS) is 22.0. The van der Waals surface area contributed by atoms with Gasteiger partial charge in [-0.15, -0.1) is 0 Å². The van der Waals surface area contributed by atoms with Crippen LogP contribution >= 0.6 is 0 Å². The van der Waals surface area contributed by atoms with Crippen LogP contribution in [-0.2, 0) is 23.2 Å². The molecule has 0 spiro atoms. The lowest BCUT2D eigenvalue weighted by atomic mass is 9.78. The monoisotopic (exact) mass is 293 g/mol. The van der Waals surface area contributed by atoms with Gasteiger partial charge in [-0.1, -0.05) is 12.8 Å². The molecular formula is C15H23N3O3. The molecule has 2 N–H and O–H groups in total. The van der Waals surface area contributed by atoms with E-state index in [1.807, 2.05) is 20.9 Å². The number of aliphatic carboxylic acids is 1. The first kappa shape index (κ1) is 15.5. The van der Waals surface area contributed by atoms with E-state index in [0.29, 0.717) is 19.4 Å². The number of aryl methyl sites for hydroxylation is 2. The van der Waals surface area contributed by atoms with E-state index in [2.05, 4.69) is 10.4 Å². The van der Waals surface area contributed by atoms with Gasteiger partial charge in [-0.05, 0) is 26.7 Å². The number of hydrogen-bond acceptors (Lipinski definition) is 3. The topological polar surface area (TPSA) is 84.2 Å². The predicted octanol–water partition coefficient (Wildman–Crippen LogP) is 1.54. The highest BCUT2D eigenvalue weighted by atomic mass is 16.4. The van der Waals surface area contributed by atoms with Gasteiger partial charge in [0, 0.05) is 24.8 Å². The second-order valence-electron chi connectivity index (χ2n) is 5.83. The summed E-state index contributed by atoms with van der Waals surface area (Å²) in [5.41, 5.74) is 2.92. The summed E-state index contributed by atoms with van der Waals surface area (Å²) in [6, 6.07) is 0. The highest BCUT2D eigenvalue weighted by Crippen LogP contribution is 2.30. The van der Waals surface area contributed by atoms with E-state index in [-0.39, 0.29) is 5.91 Å². The van der Waals surface area contributed by atoms with Gasteiger partial charge in [-0.3, -0.25) is 14.3 Å². The number of carbonyl (C=O) groups is 2. The molecule has 1 heterocycles. The first-order valence-electron chi connectivity index (χ1n) is 7.41. The Kier molecular flexibility index (Phi) is 4.65. The van der Waals surface area contributed by atoms with Crippen LogP contribution in [0.3, 0.4) is 0 Å². The van der Waals surface area contributed by atoms with Gasteiger partial charge in [0.25, 0.3) is 0 Å². The summed E-state index contributed by atoms with van der Waals surface area (Å²) in [7, 11) is 1.87. The largest absolute Gasteiger partial charge is 0.481 e. The molecular weight excluding hydrogens is 270 g/mol. The predicted molar refractivity (Wildman–Crippen MR) is 77.6 cm³/mol. The van der Waals surface area contributed by atoms with Gasteiger partial charge >= 0.3 is 5.97 Å². The van der Waals surface area contributed by atoms with Gasteiger partial charge in [0.2, 0.25) is 5.91 Å². The van der Waals surface area contributed by atoms with E-state index >= 15 is 0 Å². The minimum atomic E-state index is -0.858. The zero-order valence-electron chi connectivity index (χ0n) is 12.8. The van der Waals surface area contributed by atoms with Gasteiger partial charge < -0.3 is 10.4 Å². The van der Waals surface area contributed by atoms with Gasteiger partial charge in [0.1, 0.15) is 0 Å². The molecule has 1 fully saturated rings. The molecule has 1 aromatic heterocycles.